The predicted octanol–water partition coefficient (Wildman–Crippen LogP) is 4.89. The Hall–Kier alpha value is -1.94. The molecule has 0 saturated carbocycles. The van der Waals surface area contributed by atoms with Crippen molar-refractivity contribution < 1.29 is 9.53 Å². The third-order valence-electron chi connectivity index (χ3n) is 4.26. The number of rotatable bonds is 8. The molecule has 0 aliphatic heterocycles. The van der Waals surface area contributed by atoms with Crippen molar-refractivity contribution in [2.75, 3.05) is 7.11 Å². The van der Waals surface area contributed by atoms with Gasteiger partial charge in [0.25, 0.3) is 0 Å². The molecule has 4 heteroatoms. The van der Waals surface area contributed by atoms with Crippen LogP contribution in [0, 0.1) is 6.92 Å². The molecule has 0 aromatic heterocycles. The topological polar surface area (TPSA) is 38.3 Å². The van der Waals surface area contributed by atoms with E-state index in [0.717, 1.165) is 29.1 Å². The maximum absolute atomic E-state index is 12.6. The van der Waals surface area contributed by atoms with Gasteiger partial charge in [0.05, 0.1) is 18.4 Å². The summed E-state index contributed by atoms with van der Waals surface area (Å²) in [6.07, 6.45) is 0.855. The summed E-state index contributed by atoms with van der Waals surface area (Å²) in [5, 5.41) is 3.09. The highest BCUT2D eigenvalue weighted by Crippen LogP contribution is 2.25. The minimum Gasteiger partial charge on any atom is -0.496 e. The molecule has 0 aliphatic carbocycles. The van der Waals surface area contributed by atoms with E-state index in [1.54, 1.807) is 18.9 Å². The molecule has 2 aromatic rings. The lowest BCUT2D eigenvalue weighted by Crippen LogP contribution is -2.34. The van der Waals surface area contributed by atoms with E-state index >= 15 is 0 Å². The zero-order valence-corrected chi connectivity index (χ0v) is 16.2. The van der Waals surface area contributed by atoms with Crippen molar-refractivity contribution in [2.24, 2.45) is 0 Å². The lowest BCUT2D eigenvalue weighted by atomic mass is 10.0. The maximum Gasteiger partial charge on any atom is 0.233 e. The standard InChI is InChI=1S/C21H27NO2S/c1-5-19(18-11-12-20(24-4)15(2)13-18)22-21(23)16(3)25-14-17-9-7-6-8-10-17/h6-13,16,19H,5,14H2,1-4H3,(H,22,23). The molecular formula is C21H27NO2S. The molecule has 1 N–H and O–H groups in total. The number of amides is 1. The SMILES string of the molecule is CCC(NC(=O)C(C)SCc1ccccc1)c1ccc(OC)c(C)c1. The van der Waals surface area contributed by atoms with E-state index in [9.17, 15) is 4.79 Å². The monoisotopic (exact) mass is 357 g/mol. The number of aryl methyl sites for hydroxylation is 1. The fraction of sp³-hybridized carbons (Fsp3) is 0.381. The fourth-order valence-corrected chi connectivity index (χ4v) is 3.55. The van der Waals surface area contributed by atoms with Crippen LogP contribution in [0.2, 0.25) is 0 Å². The first-order valence-corrected chi connectivity index (χ1v) is 9.70. The molecule has 2 unspecified atom stereocenters. The van der Waals surface area contributed by atoms with Crippen LogP contribution in [0.3, 0.4) is 0 Å². The minimum atomic E-state index is -0.0893. The fourth-order valence-electron chi connectivity index (χ4n) is 2.70. The molecule has 2 rings (SSSR count). The number of nitrogens with one attached hydrogen (secondary N) is 1. The normalized spacial score (nSPS) is 13.1. The second kappa shape index (κ2) is 9.52. The van der Waals surface area contributed by atoms with Gasteiger partial charge in [-0.2, -0.15) is 0 Å². The first-order chi connectivity index (χ1) is 12.0. The number of ether oxygens (including phenoxy) is 1. The van der Waals surface area contributed by atoms with Crippen LogP contribution in [0.4, 0.5) is 0 Å². The molecule has 0 fully saturated rings. The summed E-state index contributed by atoms with van der Waals surface area (Å²) in [5.41, 5.74) is 3.44. The number of methoxy groups -OCH3 is 1. The van der Waals surface area contributed by atoms with Gasteiger partial charge >= 0.3 is 0 Å². The van der Waals surface area contributed by atoms with Gasteiger partial charge in [-0.25, -0.2) is 0 Å². The molecule has 0 saturated heterocycles. The summed E-state index contributed by atoms with van der Waals surface area (Å²) in [6, 6.07) is 16.4. The van der Waals surface area contributed by atoms with Crippen LogP contribution in [-0.4, -0.2) is 18.3 Å². The Morgan fingerprint density at radius 3 is 2.52 bits per heavy atom. The Labute approximate surface area is 155 Å². The lowest BCUT2D eigenvalue weighted by Gasteiger charge is -2.21. The number of carbonyl (C=O) groups is 1. The molecule has 0 spiro atoms. The molecule has 2 aromatic carbocycles. The summed E-state index contributed by atoms with van der Waals surface area (Å²) >= 11 is 1.66. The van der Waals surface area contributed by atoms with Gasteiger partial charge in [-0.05, 0) is 43.0 Å². The van der Waals surface area contributed by atoms with Crippen molar-refractivity contribution in [3.05, 3.63) is 65.2 Å². The van der Waals surface area contributed by atoms with E-state index in [2.05, 4.69) is 30.4 Å². The van der Waals surface area contributed by atoms with Gasteiger partial charge in [-0.1, -0.05) is 49.4 Å². The van der Waals surface area contributed by atoms with Crippen molar-refractivity contribution in [1.29, 1.82) is 0 Å². The van der Waals surface area contributed by atoms with Crippen LogP contribution in [0.15, 0.2) is 48.5 Å². The van der Waals surface area contributed by atoms with E-state index in [-0.39, 0.29) is 17.2 Å². The number of thioether (sulfide) groups is 1. The Morgan fingerprint density at radius 1 is 1.20 bits per heavy atom. The van der Waals surface area contributed by atoms with E-state index in [1.807, 2.05) is 44.2 Å². The van der Waals surface area contributed by atoms with Crippen LogP contribution in [0.5, 0.6) is 5.75 Å². The molecule has 0 heterocycles. The van der Waals surface area contributed by atoms with Crippen molar-refractivity contribution in [3.8, 4) is 5.75 Å². The number of carbonyl (C=O) groups excluding carboxylic acids is 1. The summed E-state index contributed by atoms with van der Waals surface area (Å²) in [7, 11) is 1.67. The van der Waals surface area contributed by atoms with Crippen molar-refractivity contribution >= 4 is 17.7 Å². The van der Waals surface area contributed by atoms with E-state index in [0.29, 0.717) is 0 Å². The van der Waals surface area contributed by atoms with Gasteiger partial charge in [-0.3, -0.25) is 4.79 Å². The number of hydrogen-bond donors (Lipinski definition) is 1. The summed E-state index contributed by atoms with van der Waals surface area (Å²) < 4.78 is 5.32. The smallest absolute Gasteiger partial charge is 0.233 e. The van der Waals surface area contributed by atoms with Crippen molar-refractivity contribution in [1.82, 2.24) is 5.32 Å². The second-order valence-corrected chi connectivity index (χ2v) is 7.47. The second-order valence-electron chi connectivity index (χ2n) is 6.14. The number of hydrogen-bond acceptors (Lipinski definition) is 3. The zero-order valence-electron chi connectivity index (χ0n) is 15.4. The lowest BCUT2D eigenvalue weighted by molar-refractivity contribution is -0.121. The van der Waals surface area contributed by atoms with Gasteiger partial charge in [0, 0.05) is 5.75 Å². The number of benzene rings is 2. The van der Waals surface area contributed by atoms with Gasteiger partial charge < -0.3 is 10.1 Å². The highest BCUT2D eigenvalue weighted by molar-refractivity contribution is 7.99. The Morgan fingerprint density at radius 2 is 1.92 bits per heavy atom. The molecule has 1 amide bonds. The quantitative estimate of drug-likeness (QED) is 0.731. The molecule has 134 valence electrons. The molecule has 0 bridgehead atoms. The van der Waals surface area contributed by atoms with E-state index in [4.69, 9.17) is 4.74 Å². The molecule has 0 radical (unpaired) electrons. The van der Waals surface area contributed by atoms with Gasteiger partial charge in [0.2, 0.25) is 5.91 Å². The van der Waals surface area contributed by atoms with Crippen LogP contribution in [0.1, 0.15) is 43.0 Å². The van der Waals surface area contributed by atoms with Crippen LogP contribution >= 0.6 is 11.8 Å². The molecular weight excluding hydrogens is 330 g/mol. The van der Waals surface area contributed by atoms with Gasteiger partial charge in [0.1, 0.15) is 5.75 Å². The zero-order chi connectivity index (χ0) is 18.2. The largest absolute Gasteiger partial charge is 0.496 e. The van der Waals surface area contributed by atoms with E-state index in [1.165, 1.54) is 5.56 Å². The third-order valence-corrected chi connectivity index (χ3v) is 5.47. The first kappa shape index (κ1) is 19.4. The van der Waals surface area contributed by atoms with Crippen molar-refractivity contribution in [2.45, 2.75) is 44.2 Å². The molecule has 0 aliphatic rings. The third kappa shape index (κ3) is 5.53. The molecule has 3 nitrogen and oxygen atoms in total. The first-order valence-electron chi connectivity index (χ1n) is 8.65. The molecule has 25 heavy (non-hydrogen) atoms. The van der Waals surface area contributed by atoms with Gasteiger partial charge in [-0.15, -0.1) is 11.8 Å². The van der Waals surface area contributed by atoms with Crippen LogP contribution in [0.25, 0.3) is 0 Å². The molecule has 2 atom stereocenters. The predicted molar refractivity (Wildman–Crippen MR) is 106 cm³/mol. The minimum absolute atomic E-state index is 0.0249. The van der Waals surface area contributed by atoms with Crippen LogP contribution in [-0.2, 0) is 10.5 Å². The van der Waals surface area contributed by atoms with Gasteiger partial charge in [0.15, 0.2) is 0 Å². The Kier molecular flexibility index (Phi) is 7.38. The highest BCUT2D eigenvalue weighted by Gasteiger charge is 2.19. The van der Waals surface area contributed by atoms with E-state index < -0.39 is 0 Å². The highest BCUT2D eigenvalue weighted by atomic mass is 32.2. The maximum atomic E-state index is 12.6. The van der Waals surface area contributed by atoms with Crippen molar-refractivity contribution in [3.63, 3.8) is 0 Å². The Bertz CT molecular complexity index is 688. The average molecular weight is 358 g/mol. The average Bonchev–Trinajstić information content (AvgIpc) is 2.64. The summed E-state index contributed by atoms with van der Waals surface area (Å²) in [6.45, 7) is 6.08. The summed E-state index contributed by atoms with van der Waals surface area (Å²) in [5.74, 6) is 1.80. The summed E-state index contributed by atoms with van der Waals surface area (Å²) in [4.78, 5) is 12.6. The van der Waals surface area contributed by atoms with Crippen LogP contribution < -0.4 is 10.1 Å². The Balaban J connectivity index is 1.95.